The van der Waals surface area contributed by atoms with Gasteiger partial charge in [-0.1, -0.05) is 44.0 Å². The molecule has 2 nitrogen and oxygen atoms in total. The fraction of sp³-hybridized carbons (Fsp3) is 0.407. The van der Waals surface area contributed by atoms with Crippen LogP contribution in [-0.4, -0.2) is 20.3 Å². The smallest absolute Gasteiger partial charge is 0.161 e. The molecule has 0 amide bonds. The summed E-state index contributed by atoms with van der Waals surface area (Å²) in [6.45, 7) is 21.7. The molecule has 0 aliphatic rings. The van der Waals surface area contributed by atoms with Gasteiger partial charge in [0.25, 0.3) is 0 Å². The van der Waals surface area contributed by atoms with Gasteiger partial charge in [-0.05, 0) is 94.8 Å². The molecule has 5 heteroatoms. The van der Waals surface area contributed by atoms with Crippen LogP contribution in [0.15, 0.2) is 96.0 Å². The summed E-state index contributed by atoms with van der Waals surface area (Å²) in [7, 11) is 1.87. The molecule has 0 saturated carbocycles. The third-order valence-corrected chi connectivity index (χ3v) is 4.95. The minimum Gasteiger partial charge on any atom is -0.356 e. The topological polar surface area (TPSA) is 24.1 Å². The third kappa shape index (κ3) is 10.7. The summed E-state index contributed by atoms with van der Waals surface area (Å²) in [4.78, 5) is 0. The molecule has 0 aliphatic heterocycles. The number of nitrogens with one attached hydrogen (secondary N) is 2. The Morgan fingerprint density at radius 3 is 2.25 bits per heavy atom. The van der Waals surface area contributed by atoms with Crippen molar-refractivity contribution in [3.63, 3.8) is 0 Å². The maximum Gasteiger partial charge on any atom is 0.161 e. The van der Waals surface area contributed by atoms with Crippen LogP contribution >= 0.6 is 0 Å². The zero-order valence-electron chi connectivity index (χ0n) is 20.1. The van der Waals surface area contributed by atoms with Crippen molar-refractivity contribution in [1.82, 2.24) is 10.6 Å². The lowest BCUT2D eigenvalue weighted by molar-refractivity contribution is 0.496. The summed E-state index contributed by atoms with van der Waals surface area (Å²) in [6.07, 6.45) is 8.13. The SMILES string of the molecule is C=C(/C=C\CCF)NC(=C)/C(C(=C)C)=C(/C)C(CCCNC)CC(=C)/C(F)=C(F)\C=C/C. The lowest BCUT2D eigenvalue weighted by Gasteiger charge is -2.24. The monoisotopic (exact) mass is 448 g/mol. The largest absolute Gasteiger partial charge is 0.356 e. The highest BCUT2D eigenvalue weighted by molar-refractivity contribution is 5.48. The second-order valence-corrected chi connectivity index (χ2v) is 7.76. The minimum atomic E-state index is -0.922. The molecule has 0 radical (unpaired) electrons. The molecule has 0 rings (SSSR count). The molecule has 0 aromatic heterocycles. The van der Waals surface area contributed by atoms with E-state index in [9.17, 15) is 13.2 Å². The molecule has 32 heavy (non-hydrogen) atoms. The van der Waals surface area contributed by atoms with Crippen LogP contribution in [0.1, 0.15) is 46.5 Å². The highest BCUT2D eigenvalue weighted by Crippen LogP contribution is 2.34. The van der Waals surface area contributed by atoms with Gasteiger partial charge in [0.05, 0.1) is 6.67 Å². The molecular formula is C27H39F3N2. The number of alkyl halides is 1. The van der Waals surface area contributed by atoms with Crippen LogP contribution in [0.5, 0.6) is 0 Å². The van der Waals surface area contributed by atoms with E-state index in [4.69, 9.17) is 0 Å². The Balaban J connectivity index is 5.93. The average molecular weight is 449 g/mol. The van der Waals surface area contributed by atoms with E-state index in [-0.39, 0.29) is 17.9 Å². The number of rotatable bonds is 16. The van der Waals surface area contributed by atoms with Crippen LogP contribution in [0.4, 0.5) is 13.2 Å². The maximum atomic E-state index is 14.5. The van der Waals surface area contributed by atoms with Gasteiger partial charge in [0.15, 0.2) is 11.7 Å². The predicted molar refractivity (Wildman–Crippen MR) is 133 cm³/mol. The first-order chi connectivity index (χ1) is 15.1. The van der Waals surface area contributed by atoms with Crippen molar-refractivity contribution in [2.75, 3.05) is 20.3 Å². The first-order valence-electron chi connectivity index (χ1n) is 10.9. The standard InChI is InChI=1S/C27H39F3N2/c1-9-13-25(29)27(30)20(4)18-24(15-12-17-31-8)22(6)26(19(2)3)23(7)32-21(5)14-10-11-16-28/h9-10,13-14,24,31-32H,2,4-5,7,11-12,15-18H2,1,3,6,8H3/b13-9-,14-10-,26-22-,27-25-. The molecule has 0 saturated heterocycles. The van der Waals surface area contributed by atoms with E-state index in [2.05, 4.69) is 36.9 Å². The van der Waals surface area contributed by atoms with Gasteiger partial charge in [-0.25, -0.2) is 8.78 Å². The highest BCUT2D eigenvalue weighted by Gasteiger charge is 2.20. The summed E-state index contributed by atoms with van der Waals surface area (Å²) in [6, 6.07) is 0. The summed E-state index contributed by atoms with van der Waals surface area (Å²) in [5.74, 6) is -1.93. The molecule has 1 unspecified atom stereocenters. The van der Waals surface area contributed by atoms with Crippen molar-refractivity contribution in [2.24, 2.45) is 5.92 Å². The Labute approximate surface area is 192 Å². The first kappa shape index (κ1) is 29.5. The third-order valence-electron chi connectivity index (χ3n) is 4.95. The summed E-state index contributed by atoms with van der Waals surface area (Å²) < 4.78 is 40.7. The van der Waals surface area contributed by atoms with Crippen LogP contribution in [-0.2, 0) is 0 Å². The Hall–Kier alpha value is -2.53. The van der Waals surface area contributed by atoms with Gasteiger partial charge in [0, 0.05) is 11.4 Å². The molecule has 0 aromatic carbocycles. The normalized spacial score (nSPS) is 14.2. The lowest BCUT2D eigenvalue weighted by Crippen LogP contribution is -2.17. The molecule has 0 heterocycles. The van der Waals surface area contributed by atoms with E-state index in [0.29, 0.717) is 17.8 Å². The summed E-state index contributed by atoms with van der Waals surface area (Å²) in [5, 5.41) is 6.24. The average Bonchev–Trinajstić information content (AvgIpc) is 2.72. The zero-order valence-corrected chi connectivity index (χ0v) is 20.1. The maximum absolute atomic E-state index is 14.5. The van der Waals surface area contributed by atoms with E-state index in [1.54, 1.807) is 19.1 Å². The quantitative estimate of drug-likeness (QED) is 0.187. The first-order valence-corrected chi connectivity index (χ1v) is 10.9. The highest BCUT2D eigenvalue weighted by atomic mass is 19.2. The van der Waals surface area contributed by atoms with Gasteiger partial charge < -0.3 is 10.6 Å². The van der Waals surface area contributed by atoms with Gasteiger partial charge in [0.2, 0.25) is 0 Å². The number of hydrogen-bond donors (Lipinski definition) is 2. The Kier molecular flexibility index (Phi) is 14.9. The van der Waals surface area contributed by atoms with Crippen molar-refractivity contribution >= 4 is 0 Å². The molecule has 0 aliphatic carbocycles. The molecule has 2 N–H and O–H groups in total. The van der Waals surface area contributed by atoms with Crippen LogP contribution in [0.25, 0.3) is 0 Å². The van der Waals surface area contributed by atoms with E-state index < -0.39 is 18.3 Å². The molecular weight excluding hydrogens is 409 g/mol. The number of allylic oxidation sites excluding steroid dienone is 9. The minimum absolute atomic E-state index is 0.0828. The van der Waals surface area contributed by atoms with Gasteiger partial charge in [-0.2, -0.15) is 0 Å². The fourth-order valence-corrected chi connectivity index (χ4v) is 3.40. The lowest BCUT2D eigenvalue weighted by atomic mass is 9.83. The molecule has 0 bridgehead atoms. The second-order valence-electron chi connectivity index (χ2n) is 7.76. The predicted octanol–water partition coefficient (Wildman–Crippen LogP) is 7.70. The second kappa shape index (κ2) is 16.2. The molecule has 0 spiro atoms. The van der Waals surface area contributed by atoms with Crippen LogP contribution in [0.2, 0.25) is 0 Å². The Bertz CT molecular complexity index is 798. The van der Waals surface area contributed by atoms with Crippen molar-refractivity contribution in [3.8, 4) is 0 Å². The fourth-order valence-electron chi connectivity index (χ4n) is 3.40. The zero-order chi connectivity index (χ0) is 24.7. The molecule has 178 valence electrons. The number of hydrogen-bond acceptors (Lipinski definition) is 2. The molecule has 1 atom stereocenters. The Morgan fingerprint density at radius 1 is 1.06 bits per heavy atom. The van der Waals surface area contributed by atoms with Crippen LogP contribution < -0.4 is 10.6 Å². The van der Waals surface area contributed by atoms with E-state index in [0.717, 1.165) is 42.2 Å². The van der Waals surface area contributed by atoms with E-state index >= 15 is 0 Å². The van der Waals surface area contributed by atoms with Gasteiger partial charge >= 0.3 is 0 Å². The van der Waals surface area contributed by atoms with E-state index in [1.165, 1.54) is 6.08 Å². The van der Waals surface area contributed by atoms with Gasteiger partial charge in [-0.15, -0.1) is 0 Å². The van der Waals surface area contributed by atoms with Crippen molar-refractivity contribution in [2.45, 2.75) is 46.5 Å². The Morgan fingerprint density at radius 2 is 1.72 bits per heavy atom. The van der Waals surface area contributed by atoms with Crippen LogP contribution in [0, 0.1) is 5.92 Å². The van der Waals surface area contributed by atoms with E-state index in [1.807, 2.05) is 20.9 Å². The number of halogens is 3. The summed E-state index contributed by atoms with van der Waals surface area (Å²) in [5.41, 5.74) is 3.88. The molecule has 0 aromatic rings. The summed E-state index contributed by atoms with van der Waals surface area (Å²) >= 11 is 0. The van der Waals surface area contributed by atoms with Crippen molar-refractivity contribution < 1.29 is 13.2 Å². The van der Waals surface area contributed by atoms with Gasteiger partial charge in [-0.3, -0.25) is 4.39 Å². The van der Waals surface area contributed by atoms with Crippen molar-refractivity contribution in [1.29, 1.82) is 0 Å². The van der Waals surface area contributed by atoms with Crippen LogP contribution in [0.3, 0.4) is 0 Å². The molecule has 0 fully saturated rings. The van der Waals surface area contributed by atoms with Crippen molar-refractivity contribution in [3.05, 3.63) is 96.0 Å². The van der Waals surface area contributed by atoms with Gasteiger partial charge in [0.1, 0.15) is 0 Å².